The van der Waals surface area contributed by atoms with Gasteiger partial charge in [0.15, 0.2) is 0 Å². The van der Waals surface area contributed by atoms with Crippen LogP contribution in [0.1, 0.15) is 71.1 Å². The Morgan fingerprint density at radius 1 is 0.895 bits per heavy atom. The molecule has 1 aromatic rings. The van der Waals surface area contributed by atoms with Crippen LogP contribution in [-0.2, 0) is 17.3 Å². The smallest absolute Gasteiger partial charge is 0.0132 e. The van der Waals surface area contributed by atoms with E-state index in [1.54, 1.807) is 0 Å². The molecule has 19 heavy (non-hydrogen) atoms. The standard InChI is InChI=1S/C19H30/c1-8-9-10-11-15-12-16(18(2,3)4)14-17(13-15)19(5,6)7/h8,12-14H,1,9-11H2,2-7H3. The molecule has 0 bridgehead atoms. The summed E-state index contributed by atoms with van der Waals surface area (Å²) in [5.41, 5.74) is 4.81. The number of hydrogen-bond donors (Lipinski definition) is 0. The van der Waals surface area contributed by atoms with E-state index in [1.165, 1.54) is 23.1 Å². The first kappa shape index (κ1) is 16.0. The lowest BCUT2D eigenvalue weighted by Gasteiger charge is -2.26. The van der Waals surface area contributed by atoms with Crippen molar-refractivity contribution in [3.8, 4) is 0 Å². The molecule has 106 valence electrons. The van der Waals surface area contributed by atoms with E-state index >= 15 is 0 Å². The molecule has 0 aliphatic rings. The number of unbranched alkanes of at least 4 members (excludes halogenated alkanes) is 1. The fraction of sp³-hybridized carbons (Fsp3) is 0.579. The van der Waals surface area contributed by atoms with Crippen LogP contribution in [0.3, 0.4) is 0 Å². The van der Waals surface area contributed by atoms with Crippen molar-refractivity contribution < 1.29 is 0 Å². The number of hydrogen-bond acceptors (Lipinski definition) is 0. The van der Waals surface area contributed by atoms with Gasteiger partial charge in [0.25, 0.3) is 0 Å². The van der Waals surface area contributed by atoms with Crippen molar-refractivity contribution in [3.63, 3.8) is 0 Å². The third kappa shape index (κ3) is 4.86. The topological polar surface area (TPSA) is 0 Å². The van der Waals surface area contributed by atoms with Gasteiger partial charge in [0.1, 0.15) is 0 Å². The molecule has 1 aromatic carbocycles. The molecule has 0 nitrogen and oxygen atoms in total. The van der Waals surface area contributed by atoms with E-state index < -0.39 is 0 Å². The highest BCUT2D eigenvalue weighted by atomic mass is 14.2. The van der Waals surface area contributed by atoms with Crippen LogP contribution in [0.5, 0.6) is 0 Å². The Balaban J connectivity index is 3.13. The molecule has 0 saturated heterocycles. The van der Waals surface area contributed by atoms with Crippen LogP contribution in [0.15, 0.2) is 30.9 Å². The molecule has 0 unspecified atom stereocenters. The summed E-state index contributed by atoms with van der Waals surface area (Å²) in [6.07, 6.45) is 5.46. The van der Waals surface area contributed by atoms with Gasteiger partial charge < -0.3 is 0 Å². The molecule has 1 rings (SSSR count). The number of benzene rings is 1. The van der Waals surface area contributed by atoms with E-state index in [4.69, 9.17) is 0 Å². The van der Waals surface area contributed by atoms with E-state index in [0.29, 0.717) is 0 Å². The summed E-state index contributed by atoms with van der Waals surface area (Å²) in [7, 11) is 0. The second-order valence-electron chi connectivity index (χ2n) is 7.60. The highest BCUT2D eigenvalue weighted by molar-refractivity contribution is 5.37. The highest BCUT2D eigenvalue weighted by Crippen LogP contribution is 2.30. The molecule has 0 amide bonds. The molecule has 0 N–H and O–H groups in total. The van der Waals surface area contributed by atoms with Gasteiger partial charge in [-0.3, -0.25) is 0 Å². The second-order valence-corrected chi connectivity index (χ2v) is 7.60. The fourth-order valence-electron chi connectivity index (χ4n) is 2.15. The summed E-state index contributed by atoms with van der Waals surface area (Å²) in [5, 5.41) is 0. The maximum absolute atomic E-state index is 3.81. The first-order chi connectivity index (χ1) is 8.64. The minimum absolute atomic E-state index is 0.217. The molecule has 0 radical (unpaired) electrons. The predicted octanol–water partition coefficient (Wildman–Crippen LogP) is 5.79. The maximum atomic E-state index is 3.81. The van der Waals surface area contributed by atoms with Crippen LogP contribution < -0.4 is 0 Å². The zero-order valence-corrected chi connectivity index (χ0v) is 13.6. The molecule has 0 saturated carbocycles. The quantitative estimate of drug-likeness (QED) is 0.473. The van der Waals surface area contributed by atoms with Crippen molar-refractivity contribution in [1.29, 1.82) is 0 Å². The zero-order valence-electron chi connectivity index (χ0n) is 13.6. The van der Waals surface area contributed by atoms with Gasteiger partial charge in [-0.15, -0.1) is 6.58 Å². The lowest BCUT2D eigenvalue weighted by molar-refractivity contribution is 0.566. The zero-order chi connectivity index (χ0) is 14.7. The lowest BCUT2D eigenvalue weighted by atomic mass is 9.79. The van der Waals surface area contributed by atoms with Crippen LogP contribution in [0.2, 0.25) is 0 Å². The summed E-state index contributed by atoms with van der Waals surface area (Å²) in [6, 6.07) is 7.16. The van der Waals surface area contributed by atoms with Gasteiger partial charge in [0.05, 0.1) is 0 Å². The van der Waals surface area contributed by atoms with Gasteiger partial charge in [0, 0.05) is 0 Å². The summed E-state index contributed by atoms with van der Waals surface area (Å²) < 4.78 is 0. The predicted molar refractivity (Wildman–Crippen MR) is 87.0 cm³/mol. The van der Waals surface area contributed by atoms with E-state index in [2.05, 4.69) is 66.3 Å². The Kier molecular flexibility index (Phi) is 5.01. The van der Waals surface area contributed by atoms with Crippen LogP contribution in [0.4, 0.5) is 0 Å². The Morgan fingerprint density at radius 3 is 1.74 bits per heavy atom. The number of allylic oxidation sites excluding steroid dienone is 1. The largest absolute Gasteiger partial charge is 0.103 e. The third-order valence-corrected chi connectivity index (χ3v) is 3.60. The SMILES string of the molecule is C=CCCCc1cc(C(C)(C)C)cc(C(C)(C)C)c1. The van der Waals surface area contributed by atoms with Gasteiger partial charge >= 0.3 is 0 Å². The minimum Gasteiger partial charge on any atom is -0.103 e. The molecule has 0 atom stereocenters. The molecule has 0 heteroatoms. The van der Waals surface area contributed by atoms with Crippen LogP contribution in [-0.4, -0.2) is 0 Å². The number of rotatable bonds is 4. The Bertz CT molecular complexity index is 392. The summed E-state index contributed by atoms with van der Waals surface area (Å²) in [6.45, 7) is 17.6. The van der Waals surface area contributed by atoms with Crippen LogP contribution in [0.25, 0.3) is 0 Å². The van der Waals surface area contributed by atoms with Crippen molar-refractivity contribution in [2.45, 2.75) is 71.6 Å². The van der Waals surface area contributed by atoms with Crippen LogP contribution >= 0.6 is 0 Å². The van der Waals surface area contributed by atoms with Crippen LogP contribution in [0, 0.1) is 0 Å². The minimum atomic E-state index is 0.217. The molecular weight excluding hydrogens is 228 g/mol. The Hall–Kier alpha value is -1.04. The molecule has 0 aliphatic heterocycles. The Labute approximate surface area is 119 Å². The fourth-order valence-corrected chi connectivity index (χ4v) is 2.15. The van der Waals surface area contributed by atoms with E-state index in [-0.39, 0.29) is 10.8 Å². The molecular formula is C19H30. The lowest BCUT2D eigenvalue weighted by Crippen LogP contribution is -2.17. The van der Waals surface area contributed by atoms with Gasteiger partial charge in [-0.2, -0.15) is 0 Å². The molecule has 0 fully saturated rings. The average molecular weight is 258 g/mol. The van der Waals surface area contributed by atoms with E-state index in [1.807, 2.05) is 6.08 Å². The third-order valence-electron chi connectivity index (χ3n) is 3.60. The molecule has 0 aromatic heterocycles. The molecule has 0 aliphatic carbocycles. The van der Waals surface area contributed by atoms with Gasteiger partial charge in [0.2, 0.25) is 0 Å². The van der Waals surface area contributed by atoms with Crippen molar-refractivity contribution in [2.24, 2.45) is 0 Å². The van der Waals surface area contributed by atoms with Crippen molar-refractivity contribution in [2.75, 3.05) is 0 Å². The average Bonchev–Trinajstić information content (AvgIpc) is 2.27. The normalized spacial score (nSPS) is 12.5. The van der Waals surface area contributed by atoms with Gasteiger partial charge in [-0.1, -0.05) is 65.8 Å². The highest BCUT2D eigenvalue weighted by Gasteiger charge is 2.20. The first-order valence-electron chi connectivity index (χ1n) is 7.40. The van der Waals surface area contributed by atoms with Crippen molar-refractivity contribution >= 4 is 0 Å². The van der Waals surface area contributed by atoms with E-state index in [0.717, 1.165) is 12.8 Å². The maximum Gasteiger partial charge on any atom is -0.0132 e. The van der Waals surface area contributed by atoms with Crippen molar-refractivity contribution in [1.82, 2.24) is 0 Å². The van der Waals surface area contributed by atoms with Gasteiger partial charge in [-0.05, 0) is 46.8 Å². The van der Waals surface area contributed by atoms with Crippen molar-refractivity contribution in [3.05, 3.63) is 47.5 Å². The summed E-state index contributed by atoms with van der Waals surface area (Å²) in [5.74, 6) is 0. The Morgan fingerprint density at radius 2 is 1.37 bits per heavy atom. The molecule has 0 spiro atoms. The summed E-state index contributed by atoms with van der Waals surface area (Å²) in [4.78, 5) is 0. The second kappa shape index (κ2) is 5.94. The summed E-state index contributed by atoms with van der Waals surface area (Å²) >= 11 is 0. The number of aryl methyl sites for hydroxylation is 1. The molecule has 0 heterocycles. The monoisotopic (exact) mass is 258 g/mol. The van der Waals surface area contributed by atoms with E-state index in [9.17, 15) is 0 Å². The first-order valence-corrected chi connectivity index (χ1v) is 7.40. The van der Waals surface area contributed by atoms with Gasteiger partial charge in [-0.25, -0.2) is 0 Å².